The van der Waals surface area contributed by atoms with Crippen LogP contribution in [0.4, 0.5) is 5.69 Å². The molecule has 1 heterocycles. The Morgan fingerprint density at radius 3 is 2.38 bits per heavy atom. The first-order chi connectivity index (χ1) is 9.68. The summed E-state index contributed by atoms with van der Waals surface area (Å²) in [4.78, 5) is 13.5. The average molecular weight is 306 g/mol. The molecule has 1 atom stereocenters. The number of halogens is 1. The summed E-state index contributed by atoms with van der Waals surface area (Å²) in [6.45, 7) is 9.21. The number of amides is 1. The molecule has 3 heteroatoms. The number of rotatable bonds is 2. The van der Waals surface area contributed by atoms with Gasteiger partial charge >= 0.3 is 0 Å². The van der Waals surface area contributed by atoms with Gasteiger partial charge in [0.15, 0.2) is 0 Å². The Hall–Kier alpha value is -1.02. The summed E-state index contributed by atoms with van der Waals surface area (Å²) >= 11 is 6.80. The number of hydrogen-bond acceptors (Lipinski definition) is 1. The van der Waals surface area contributed by atoms with Gasteiger partial charge < -0.3 is 4.90 Å². The summed E-state index contributed by atoms with van der Waals surface area (Å²) < 4.78 is 0. The van der Waals surface area contributed by atoms with Crippen LogP contribution in [0.5, 0.6) is 0 Å². The molecule has 0 saturated heterocycles. The summed E-state index contributed by atoms with van der Waals surface area (Å²) in [7, 11) is 1.85. The van der Waals surface area contributed by atoms with Crippen LogP contribution in [-0.2, 0) is 11.2 Å². The van der Waals surface area contributed by atoms with Crippen LogP contribution in [0, 0.1) is 16.7 Å². The lowest BCUT2D eigenvalue weighted by molar-refractivity contribution is -0.118. The molecule has 1 unspecified atom stereocenters. The molecule has 2 aliphatic rings. The third-order valence-corrected chi connectivity index (χ3v) is 6.69. The Morgan fingerprint density at radius 2 is 1.81 bits per heavy atom. The molecule has 0 radical (unpaired) electrons. The van der Waals surface area contributed by atoms with Crippen LogP contribution in [-0.4, -0.2) is 13.0 Å². The van der Waals surface area contributed by atoms with Gasteiger partial charge in [0.2, 0.25) is 5.91 Å². The summed E-state index contributed by atoms with van der Waals surface area (Å²) in [5, 5.41) is 0.0447. The van der Waals surface area contributed by atoms with Gasteiger partial charge in [-0.2, -0.15) is 0 Å². The lowest BCUT2D eigenvalue weighted by Gasteiger charge is -2.27. The van der Waals surface area contributed by atoms with E-state index in [-0.39, 0.29) is 22.1 Å². The molecule has 1 aromatic rings. The lowest BCUT2D eigenvalue weighted by Crippen LogP contribution is -2.31. The highest BCUT2D eigenvalue weighted by Gasteiger charge is 2.67. The number of nitrogens with zero attached hydrogens (tertiary/aromatic N) is 1. The Balaban J connectivity index is 1.90. The second kappa shape index (κ2) is 4.49. The Labute approximate surface area is 132 Å². The second-order valence-corrected chi connectivity index (χ2v) is 8.13. The number of benzene rings is 1. The van der Waals surface area contributed by atoms with Crippen molar-refractivity contribution >= 4 is 23.2 Å². The predicted octanol–water partition coefficient (Wildman–Crippen LogP) is 4.56. The zero-order chi connectivity index (χ0) is 15.6. The number of carbonyl (C=O) groups is 1. The minimum Gasteiger partial charge on any atom is -0.315 e. The van der Waals surface area contributed by atoms with E-state index in [9.17, 15) is 4.79 Å². The molecule has 2 nitrogen and oxygen atoms in total. The van der Waals surface area contributed by atoms with Gasteiger partial charge in [-0.05, 0) is 40.4 Å². The largest absolute Gasteiger partial charge is 0.315 e. The maximum Gasteiger partial charge on any atom is 0.227 e. The molecule has 1 fully saturated rings. The van der Waals surface area contributed by atoms with Gasteiger partial charge in [0.05, 0.1) is 5.38 Å². The molecule has 1 saturated carbocycles. The van der Waals surface area contributed by atoms with Gasteiger partial charge in [0.1, 0.15) is 0 Å². The van der Waals surface area contributed by atoms with Gasteiger partial charge in [-0.25, -0.2) is 0 Å². The standard InChI is InChI=1S/C18H24ClNO/c1-17(2)16(18(17,3)4)15(19)12-6-8-13-11(10-12)7-9-14(21)20(13)5/h6,8,10,15-16H,7,9H2,1-5H3. The third-order valence-electron chi connectivity index (χ3n) is 6.19. The van der Waals surface area contributed by atoms with E-state index >= 15 is 0 Å². The van der Waals surface area contributed by atoms with Crippen LogP contribution >= 0.6 is 11.6 Å². The topological polar surface area (TPSA) is 20.3 Å². The van der Waals surface area contributed by atoms with Gasteiger partial charge in [0, 0.05) is 19.2 Å². The van der Waals surface area contributed by atoms with E-state index in [2.05, 4.69) is 45.9 Å². The number of alkyl halides is 1. The molecular weight excluding hydrogens is 282 g/mol. The van der Waals surface area contributed by atoms with E-state index in [0.29, 0.717) is 12.3 Å². The summed E-state index contributed by atoms with van der Waals surface area (Å²) in [6, 6.07) is 6.36. The van der Waals surface area contributed by atoms with Crippen LogP contribution in [0.3, 0.4) is 0 Å². The van der Waals surface area contributed by atoms with Crippen molar-refractivity contribution in [2.24, 2.45) is 16.7 Å². The van der Waals surface area contributed by atoms with Crippen LogP contribution in [0.15, 0.2) is 18.2 Å². The molecule has 0 N–H and O–H groups in total. The zero-order valence-corrected chi connectivity index (χ0v) is 14.3. The molecule has 0 spiro atoms. The van der Waals surface area contributed by atoms with E-state index in [1.807, 2.05) is 7.05 Å². The fourth-order valence-corrected chi connectivity index (χ4v) is 4.79. The summed E-state index contributed by atoms with van der Waals surface area (Å²) in [5.41, 5.74) is 4.04. The Morgan fingerprint density at radius 1 is 1.19 bits per heavy atom. The van der Waals surface area contributed by atoms with E-state index in [0.717, 1.165) is 12.1 Å². The van der Waals surface area contributed by atoms with Gasteiger partial charge in [-0.3, -0.25) is 4.79 Å². The van der Waals surface area contributed by atoms with Crippen molar-refractivity contribution in [1.82, 2.24) is 0 Å². The highest BCUT2D eigenvalue weighted by Crippen LogP contribution is 2.73. The molecule has 1 aromatic carbocycles. The normalized spacial score (nSPS) is 24.7. The molecule has 114 valence electrons. The molecule has 1 aliphatic carbocycles. The molecule has 1 amide bonds. The molecule has 3 rings (SSSR count). The fraction of sp³-hybridized carbons (Fsp3) is 0.611. The summed E-state index contributed by atoms with van der Waals surface area (Å²) in [5.74, 6) is 0.690. The van der Waals surface area contributed by atoms with E-state index < -0.39 is 0 Å². The predicted molar refractivity (Wildman–Crippen MR) is 87.8 cm³/mol. The van der Waals surface area contributed by atoms with E-state index in [1.165, 1.54) is 11.1 Å². The lowest BCUT2D eigenvalue weighted by atomic mass is 9.95. The number of anilines is 1. The first-order valence-electron chi connectivity index (χ1n) is 7.71. The van der Waals surface area contributed by atoms with Gasteiger partial charge in [0.25, 0.3) is 0 Å². The van der Waals surface area contributed by atoms with Crippen LogP contribution in [0.2, 0.25) is 0 Å². The highest BCUT2D eigenvalue weighted by molar-refractivity contribution is 6.21. The SMILES string of the molecule is CN1C(=O)CCc2cc(C(Cl)C3C(C)(C)C3(C)C)ccc21. The average Bonchev–Trinajstić information content (AvgIpc) is 2.83. The maximum atomic E-state index is 11.8. The fourth-order valence-electron chi connectivity index (χ4n) is 4.02. The molecule has 1 aliphatic heterocycles. The molecule has 0 bridgehead atoms. The number of aryl methyl sites for hydroxylation is 1. The van der Waals surface area contributed by atoms with Crippen molar-refractivity contribution in [2.45, 2.75) is 45.9 Å². The number of fused-ring (bicyclic) bond motifs is 1. The number of hydrogen-bond donors (Lipinski definition) is 0. The van der Waals surface area contributed by atoms with Crippen molar-refractivity contribution in [2.75, 3.05) is 11.9 Å². The van der Waals surface area contributed by atoms with Gasteiger partial charge in [-0.1, -0.05) is 39.8 Å². The van der Waals surface area contributed by atoms with Crippen molar-refractivity contribution in [3.05, 3.63) is 29.3 Å². The first-order valence-corrected chi connectivity index (χ1v) is 8.15. The smallest absolute Gasteiger partial charge is 0.227 e. The maximum absolute atomic E-state index is 11.8. The second-order valence-electron chi connectivity index (χ2n) is 7.66. The van der Waals surface area contributed by atoms with Crippen LogP contribution in [0.1, 0.15) is 50.6 Å². The minimum atomic E-state index is 0.0447. The van der Waals surface area contributed by atoms with E-state index in [4.69, 9.17) is 11.6 Å². The number of carbonyl (C=O) groups excluding carboxylic acids is 1. The van der Waals surface area contributed by atoms with E-state index in [1.54, 1.807) is 4.90 Å². The highest BCUT2D eigenvalue weighted by atomic mass is 35.5. The van der Waals surface area contributed by atoms with Gasteiger partial charge in [-0.15, -0.1) is 11.6 Å². The van der Waals surface area contributed by atoms with Crippen molar-refractivity contribution in [1.29, 1.82) is 0 Å². The quantitative estimate of drug-likeness (QED) is 0.734. The molecule has 21 heavy (non-hydrogen) atoms. The molecular formula is C18H24ClNO. The summed E-state index contributed by atoms with van der Waals surface area (Å²) in [6.07, 6.45) is 1.42. The Bertz CT molecular complexity index is 591. The zero-order valence-electron chi connectivity index (χ0n) is 13.5. The monoisotopic (exact) mass is 305 g/mol. The van der Waals surface area contributed by atoms with Crippen LogP contribution in [0.25, 0.3) is 0 Å². The molecule has 0 aromatic heterocycles. The van der Waals surface area contributed by atoms with Crippen molar-refractivity contribution < 1.29 is 4.79 Å². The third kappa shape index (κ3) is 2.03. The van der Waals surface area contributed by atoms with Crippen molar-refractivity contribution in [3.8, 4) is 0 Å². The first kappa shape index (κ1) is 14.9. The minimum absolute atomic E-state index is 0.0447. The Kier molecular flexibility index (Phi) is 3.18. The van der Waals surface area contributed by atoms with Crippen molar-refractivity contribution in [3.63, 3.8) is 0 Å². The van der Waals surface area contributed by atoms with Crippen LogP contribution < -0.4 is 4.90 Å².